The van der Waals surface area contributed by atoms with Gasteiger partial charge in [-0.05, 0) is 64.4 Å². The van der Waals surface area contributed by atoms with E-state index < -0.39 is 0 Å². The van der Waals surface area contributed by atoms with Gasteiger partial charge in [-0.15, -0.1) is 0 Å². The molecule has 10 aromatic rings. The van der Waals surface area contributed by atoms with E-state index in [-0.39, 0.29) is 0 Å². The van der Waals surface area contributed by atoms with Gasteiger partial charge in [0.2, 0.25) is 0 Å². The largest absolute Gasteiger partial charge is 0.456 e. The lowest BCUT2D eigenvalue weighted by atomic mass is 9.93. The summed E-state index contributed by atoms with van der Waals surface area (Å²) in [6.07, 6.45) is 1.83. The second-order valence-electron chi connectivity index (χ2n) is 11.4. The standard InChI is InChI=1S/C40H22N2O2/c1-2-8-28-27(7-1)26(15-16-29(28)34-17-13-24-12-11-23-6-5-19-41-39(23)40(24)42-34)25-14-18-36-31(20-25)33-22-37-32(21-38(33)44-36)30-9-3-4-10-35(30)43-37/h1-22H. The molecule has 0 aliphatic carbocycles. The summed E-state index contributed by atoms with van der Waals surface area (Å²) in [5.74, 6) is 0. The van der Waals surface area contributed by atoms with Crippen LogP contribution in [0.15, 0.2) is 142 Å². The van der Waals surface area contributed by atoms with E-state index in [2.05, 4.69) is 108 Å². The molecule has 0 bridgehead atoms. The lowest BCUT2D eigenvalue weighted by Crippen LogP contribution is -1.91. The molecule has 10 rings (SSSR count). The van der Waals surface area contributed by atoms with Gasteiger partial charge in [0, 0.05) is 44.1 Å². The normalized spacial score (nSPS) is 12.1. The van der Waals surface area contributed by atoms with Crippen molar-refractivity contribution in [1.82, 2.24) is 9.97 Å². The molecule has 0 saturated heterocycles. The molecule has 4 heterocycles. The minimum Gasteiger partial charge on any atom is -0.456 e. The van der Waals surface area contributed by atoms with Gasteiger partial charge in [-0.1, -0.05) is 84.9 Å². The molecule has 0 N–H and O–H groups in total. The van der Waals surface area contributed by atoms with Crippen molar-refractivity contribution in [2.75, 3.05) is 0 Å². The molecule has 0 saturated carbocycles. The third-order valence-electron chi connectivity index (χ3n) is 8.91. The summed E-state index contributed by atoms with van der Waals surface area (Å²) in [7, 11) is 0. The third-order valence-corrected chi connectivity index (χ3v) is 8.91. The number of rotatable bonds is 2. The molecule has 0 unspecified atom stereocenters. The molecule has 44 heavy (non-hydrogen) atoms. The van der Waals surface area contributed by atoms with Gasteiger partial charge in [-0.2, -0.15) is 0 Å². The first-order valence-electron chi connectivity index (χ1n) is 14.7. The first kappa shape index (κ1) is 23.6. The van der Waals surface area contributed by atoms with Crippen molar-refractivity contribution < 1.29 is 8.83 Å². The Morgan fingerprint density at radius 3 is 1.89 bits per heavy atom. The van der Waals surface area contributed by atoms with Crippen LogP contribution >= 0.6 is 0 Å². The Labute approximate surface area is 250 Å². The second kappa shape index (κ2) is 8.76. The van der Waals surface area contributed by atoms with Crippen molar-refractivity contribution in [2.24, 2.45) is 0 Å². The molecule has 0 aliphatic rings. The number of pyridine rings is 2. The summed E-state index contributed by atoms with van der Waals surface area (Å²) in [4.78, 5) is 9.80. The van der Waals surface area contributed by atoms with E-state index in [9.17, 15) is 0 Å². The maximum Gasteiger partial charge on any atom is 0.136 e. The van der Waals surface area contributed by atoms with Crippen LogP contribution in [-0.4, -0.2) is 9.97 Å². The lowest BCUT2D eigenvalue weighted by molar-refractivity contribution is 0.664. The molecule has 6 aromatic carbocycles. The highest BCUT2D eigenvalue weighted by molar-refractivity contribution is 6.16. The highest BCUT2D eigenvalue weighted by atomic mass is 16.3. The number of nitrogens with zero attached hydrogens (tertiary/aromatic N) is 2. The molecule has 0 aliphatic heterocycles. The molecule has 204 valence electrons. The van der Waals surface area contributed by atoms with Crippen molar-refractivity contribution in [1.29, 1.82) is 0 Å². The SMILES string of the molecule is c1cnc2c(c1)ccc1ccc(-c3ccc(-c4ccc5oc6cc7c(cc6c5c4)oc4ccccc47)c4ccccc34)nc12. The van der Waals surface area contributed by atoms with E-state index in [1.54, 1.807) is 0 Å². The smallest absolute Gasteiger partial charge is 0.136 e. The maximum absolute atomic E-state index is 6.34. The molecular weight excluding hydrogens is 540 g/mol. The molecule has 0 spiro atoms. The van der Waals surface area contributed by atoms with Crippen molar-refractivity contribution >= 4 is 76.5 Å². The number of benzene rings is 6. The molecule has 0 atom stereocenters. The van der Waals surface area contributed by atoms with E-state index in [0.29, 0.717) is 0 Å². The summed E-state index contributed by atoms with van der Waals surface area (Å²) in [5, 5.41) is 8.80. The van der Waals surface area contributed by atoms with Crippen LogP contribution in [0.4, 0.5) is 0 Å². The van der Waals surface area contributed by atoms with Crippen molar-refractivity contribution in [3.05, 3.63) is 134 Å². The van der Waals surface area contributed by atoms with Crippen molar-refractivity contribution in [2.45, 2.75) is 0 Å². The molecule has 0 fully saturated rings. The summed E-state index contributed by atoms with van der Waals surface area (Å²) in [6, 6.07) is 44.4. The molecule has 4 nitrogen and oxygen atoms in total. The van der Waals surface area contributed by atoms with E-state index in [4.69, 9.17) is 13.8 Å². The van der Waals surface area contributed by atoms with Crippen LogP contribution in [0.5, 0.6) is 0 Å². The summed E-state index contributed by atoms with van der Waals surface area (Å²) in [5.41, 5.74) is 9.66. The van der Waals surface area contributed by atoms with E-state index in [1.807, 2.05) is 30.5 Å². The quantitative estimate of drug-likeness (QED) is 0.197. The average molecular weight is 563 g/mol. The topological polar surface area (TPSA) is 52.1 Å². The van der Waals surface area contributed by atoms with Crippen LogP contribution in [0.2, 0.25) is 0 Å². The minimum absolute atomic E-state index is 0.862. The summed E-state index contributed by atoms with van der Waals surface area (Å²) in [6.45, 7) is 0. The fraction of sp³-hybridized carbons (Fsp3) is 0. The van der Waals surface area contributed by atoms with E-state index in [0.717, 1.165) is 87.9 Å². The van der Waals surface area contributed by atoms with Crippen molar-refractivity contribution in [3.63, 3.8) is 0 Å². The minimum atomic E-state index is 0.862. The van der Waals surface area contributed by atoms with Crippen LogP contribution in [0.3, 0.4) is 0 Å². The van der Waals surface area contributed by atoms with Crippen LogP contribution in [0.25, 0.3) is 98.8 Å². The zero-order valence-corrected chi connectivity index (χ0v) is 23.4. The van der Waals surface area contributed by atoms with Gasteiger partial charge < -0.3 is 8.83 Å². The average Bonchev–Trinajstić information content (AvgIpc) is 3.63. The second-order valence-corrected chi connectivity index (χ2v) is 11.4. The van der Waals surface area contributed by atoms with Crippen LogP contribution < -0.4 is 0 Å². The lowest BCUT2D eigenvalue weighted by Gasteiger charge is -2.13. The third kappa shape index (κ3) is 3.33. The summed E-state index contributed by atoms with van der Waals surface area (Å²) < 4.78 is 12.6. The van der Waals surface area contributed by atoms with E-state index >= 15 is 0 Å². The Morgan fingerprint density at radius 1 is 0.409 bits per heavy atom. The Bertz CT molecular complexity index is 2790. The fourth-order valence-corrected chi connectivity index (χ4v) is 6.81. The number of para-hydroxylation sites is 1. The molecule has 4 aromatic heterocycles. The van der Waals surface area contributed by atoms with Gasteiger partial charge in [0.05, 0.1) is 16.7 Å². The van der Waals surface area contributed by atoms with Crippen LogP contribution in [0, 0.1) is 0 Å². The zero-order valence-electron chi connectivity index (χ0n) is 23.4. The Kier molecular flexibility index (Phi) is 4.69. The van der Waals surface area contributed by atoms with E-state index in [1.165, 1.54) is 10.9 Å². The monoisotopic (exact) mass is 562 g/mol. The Morgan fingerprint density at radius 2 is 1.05 bits per heavy atom. The highest BCUT2D eigenvalue weighted by Crippen LogP contribution is 2.40. The fourth-order valence-electron chi connectivity index (χ4n) is 6.81. The van der Waals surface area contributed by atoms with Gasteiger partial charge in [-0.25, -0.2) is 4.98 Å². The Balaban J connectivity index is 1.16. The highest BCUT2D eigenvalue weighted by Gasteiger charge is 2.16. The molecule has 0 amide bonds. The predicted molar refractivity (Wildman–Crippen MR) is 180 cm³/mol. The van der Waals surface area contributed by atoms with Gasteiger partial charge in [-0.3, -0.25) is 4.98 Å². The Hall–Kier alpha value is -6.00. The first-order valence-corrected chi connectivity index (χ1v) is 14.7. The number of furan rings is 2. The zero-order chi connectivity index (χ0) is 28.8. The van der Waals surface area contributed by atoms with Gasteiger partial charge in [0.25, 0.3) is 0 Å². The van der Waals surface area contributed by atoms with Gasteiger partial charge >= 0.3 is 0 Å². The van der Waals surface area contributed by atoms with Crippen LogP contribution in [0.1, 0.15) is 0 Å². The first-order chi connectivity index (χ1) is 21.8. The number of hydrogen-bond donors (Lipinski definition) is 0. The van der Waals surface area contributed by atoms with Gasteiger partial charge in [0.15, 0.2) is 0 Å². The maximum atomic E-state index is 6.34. The predicted octanol–water partition coefficient (Wildman–Crippen LogP) is 11.1. The molecule has 0 radical (unpaired) electrons. The summed E-state index contributed by atoms with van der Waals surface area (Å²) >= 11 is 0. The van der Waals surface area contributed by atoms with Gasteiger partial charge in [0.1, 0.15) is 22.3 Å². The van der Waals surface area contributed by atoms with Crippen LogP contribution in [-0.2, 0) is 0 Å². The molecular formula is C40H22N2O2. The molecule has 4 heteroatoms. The van der Waals surface area contributed by atoms with Crippen molar-refractivity contribution in [3.8, 4) is 22.4 Å². The number of fused-ring (bicyclic) bond motifs is 10. The number of aromatic nitrogens is 2. The number of hydrogen-bond acceptors (Lipinski definition) is 4.